The summed E-state index contributed by atoms with van der Waals surface area (Å²) >= 11 is 0. The van der Waals surface area contributed by atoms with Crippen LogP contribution in [0.5, 0.6) is 0 Å². The van der Waals surface area contributed by atoms with Crippen LogP contribution in [0.25, 0.3) is 10.8 Å². The normalized spacial score (nSPS) is 21.4. The van der Waals surface area contributed by atoms with Gasteiger partial charge in [0.05, 0.1) is 30.2 Å². The van der Waals surface area contributed by atoms with Gasteiger partial charge in [-0.3, -0.25) is 9.69 Å². The molecule has 0 radical (unpaired) electrons. The standard InChI is InChI=1S/C28H28N4O/c1-20-29-17-27-26(16-23(18-32(20)27)21-8-3-2-4-9-21)30-14-15-31(28(33)19-30)25-13-7-11-22-10-5-6-12-24(22)25/h2-13,17,23,26H,14-16,18-19H2,1H3. The van der Waals surface area contributed by atoms with Gasteiger partial charge in [-0.15, -0.1) is 0 Å². The van der Waals surface area contributed by atoms with Gasteiger partial charge in [-0.2, -0.15) is 0 Å². The fourth-order valence-corrected chi connectivity index (χ4v) is 5.63. The number of carbonyl (C=O) groups is 1. The van der Waals surface area contributed by atoms with Gasteiger partial charge in [0, 0.05) is 30.9 Å². The largest absolute Gasteiger partial charge is 0.330 e. The van der Waals surface area contributed by atoms with Gasteiger partial charge in [0.15, 0.2) is 0 Å². The van der Waals surface area contributed by atoms with Crippen molar-refractivity contribution < 1.29 is 4.79 Å². The predicted octanol–water partition coefficient (Wildman–Crippen LogP) is 4.92. The molecule has 1 aromatic heterocycles. The van der Waals surface area contributed by atoms with Crippen molar-refractivity contribution in [1.29, 1.82) is 0 Å². The van der Waals surface area contributed by atoms with E-state index in [0.29, 0.717) is 19.0 Å². The third-order valence-corrected chi connectivity index (χ3v) is 7.36. The maximum Gasteiger partial charge on any atom is 0.241 e. The zero-order valence-corrected chi connectivity index (χ0v) is 18.9. The fourth-order valence-electron chi connectivity index (χ4n) is 5.63. The van der Waals surface area contributed by atoms with E-state index in [0.717, 1.165) is 36.4 Å². The second-order valence-corrected chi connectivity index (χ2v) is 9.21. The Morgan fingerprint density at radius 1 is 0.909 bits per heavy atom. The van der Waals surface area contributed by atoms with Crippen molar-refractivity contribution in [2.75, 3.05) is 24.5 Å². The lowest BCUT2D eigenvalue weighted by molar-refractivity contribution is -0.122. The van der Waals surface area contributed by atoms with Gasteiger partial charge in [0.1, 0.15) is 5.82 Å². The van der Waals surface area contributed by atoms with Gasteiger partial charge in [0.25, 0.3) is 0 Å². The maximum atomic E-state index is 13.4. The van der Waals surface area contributed by atoms with Crippen molar-refractivity contribution in [2.45, 2.75) is 31.8 Å². The molecular weight excluding hydrogens is 408 g/mol. The molecule has 3 aromatic carbocycles. The number of amides is 1. The molecule has 1 amide bonds. The second kappa shape index (κ2) is 8.16. The summed E-state index contributed by atoms with van der Waals surface area (Å²) in [7, 11) is 0. The van der Waals surface area contributed by atoms with Gasteiger partial charge in [-0.25, -0.2) is 4.98 Å². The SMILES string of the molecule is Cc1ncc2n1CC(c1ccccc1)CC2N1CCN(c2cccc3ccccc23)C(=O)C1. The molecule has 33 heavy (non-hydrogen) atoms. The van der Waals surface area contributed by atoms with Crippen LogP contribution in [-0.4, -0.2) is 40.0 Å². The molecule has 0 spiro atoms. The van der Waals surface area contributed by atoms with E-state index in [9.17, 15) is 4.79 Å². The van der Waals surface area contributed by atoms with E-state index in [4.69, 9.17) is 0 Å². The molecule has 5 nitrogen and oxygen atoms in total. The summed E-state index contributed by atoms with van der Waals surface area (Å²) in [4.78, 5) is 22.4. The minimum absolute atomic E-state index is 0.169. The number of carbonyl (C=O) groups excluding carboxylic acids is 1. The Hall–Kier alpha value is -3.44. The summed E-state index contributed by atoms with van der Waals surface area (Å²) < 4.78 is 2.35. The molecule has 0 N–H and O–H groups in total. The van der Waals surface area contributed by atoms with Gasteiger partial charge in [-0.1, -0.05) is 66.7 Å². The molecule has 166 valence electrons. The Labute approximate surface area is 194 Å². The van der Waals surface area contributed by atoms with E-state index in [1.165, 1.54) is 16.6 Å². The molecule has 2 unspecified atom stereocenters. The minimum Gasteiger partial charge on any atom is -0.330 e. The number of imidazole rings is 1. The molecule has 2 aliphatic heterocycles. The van der Waals surface area contributed by atoms with Crippen molar-refractivity contribution >= 4 is 22.4 Å². The van der Waals surface area contributed by atoms with Crippen LogP contribution >= 0.6 is 0 Å². The molecular formula is C28H28N4O. The van der Waals surface area contributed by atoms with E-state index < -0.39 is 0 Å². The monoisotopic (exact) mass is 436 g/mol. The second-order valence-electron chi connectivity index (χ2n) is 9.21. The number of fused-ring (bicyclic) bond motifs is 2. The van der Waals surface area contributed by atoms with Crippen molar-refractivity contribution in [3.63, 3.8) is 0 Å². The third kappa shape index (κ3) is 3.53. The molecule has 5 heteroatoms. The number of aryl methyl sites for hydroxylation is 1. The first-order valence-electron chi connectivity index (χ1n) is 11.8. The van der Waals surface area contributed by atoms with Gasteiger partial charge in [-0.05, 0) is 30.4 Å². The maximum absolute atomic E-state index is 13.4. The highest BCUT2D eigenvalue weighted by molar-refractivity contribution is 6.04. The molecule has 2 atom stereocenters. The summed E-state index contributed by atoms with van der Waals surface area (Å²) in [5.74, 6) is 1.64. The predicted molar refractivity (Wildman–Crippen MR) is 131 cm³/mol. The molecule has 3 heterocycles. The highest BCUT2D eigenvalue weighted by Gasteiger charge is 2.37. The zero-order chi connectivity index (χ0) is 22.4. The fraction of sp³-hybridized carbons (Fsp3) is 0.286. The number of benzene rings is 3. The lowest BCUT2D eigenvalue weighted by Crippen LogP contribution is -2.52. The summed E-state index contributed by atoms with van der Waals surface area (Å²) in [6, 6.07) is 25.5. The Bertz CT molecular complexity index is 1310. The first kappa shape index (κ1) is 20.2. The Morgan fingerprint density at radius 3 is 2.55 bits per heavy atom. The average Bonchev–Trinajstić information content (AvgIpc) is 3.24. The molecule has 4 aromatic rings. The average molecular weight is 437 g/mol. The van der Waals surface area contributed by atoms with E-state index in [1.54, 1.807) is 0 Å². The Kier molecular flexibility index (Phi) is 4.99. The van der Waals surface area contributed by atoms with E-state index >= 15 is 0 Å². The van der Waals surface area contributed by atoms with Crippen LogP contribution in [0.15, 0.2) is 79.0 Å². The van der Waals surface area contributed by atoms with E-state index in [-0.39, 0.29) is 11.9 Å². The number of hydrogen-bond acceptors (Lipinski definition) is 3. The number of nitrogens with zero attached hydrogens (tertiary/aromatic N) is 4. The highest BCUT2D eigenvalue weighted by atomic mass is 16.2. The quantitative estimate of drug-likeness (QED) is 0.458. The van der Waals surface area contributed by atoms with Crippen molar-refractivity contribution in [2.24, 2.45) is 0 Å². The van der Waals surface area contributed by atoms with Gasteiger partial charge >= 0.3 is 0 Å². The lowest BCUT2D eigenvalue weighted by Gasteiger charge is -2.42. The number of rotatable bonds is 3. The van der Waals surface area contributed by atoms with Crippen LogP contribution in [0.4, 0.5) is 5.69 Å². The first-order valence-corrected chi connectivity index (χ1v) is 11.8. The van der Waals surface area contributed by atoms with Crippen molar-refractivity contribution in [3.05, 3.63) is 96.1 Å². The van der Waals surface area contributed by atoms with Gasteiger partial charge < -0.3 is 9.47 Å². The molecule has 2 aliphatic rings. The molecule has 1 saturated heterocycles. The highest BCUT2D eigenvalue weighted by Crippen LogP contribution is 2.40. The summed E-state index contributed by atoms with van der Waals surface area (Å²) in [6.45, 7) is 5.01. The smallest absolute Gasteiger partial charge is 0.241 e. The Balaban J connectivity index is 1.28. The zero-order valence-electron chi connectivity index (χ0n) is 18.9. The Morgan fingerprint density at radius 2 is 1.70 bits per heavy atom. The molecule has 0 bridgehead atoms. The van der Waals surface area contributed by atoms with Crippen LogP contribution in [0.1, 0.15) is 35.5 Å². The molecule has 0 saturated carbocycles. The molecule has 6 rings (SSSR count). The van der Waals surface area contributed by atoms with Crippen LogP contribution in [-0.2, 0) is 11.3 Å². The van der Waals surface area contributed by atoms with E-state index in [2.05, 4.69) is 76.0 Å². The van der Waals surface area contributed by atoms with Crippen molar-refractivity contribution in [1.82, 2.24) is 14.5 Å². The molecule has 0 aliphatic carbocycles. The van der Waals surface area contributed by atoms with Gasteiger partial charge in [0.2, 0.25) is 5.91 Å². The topological polar surface area (TPSA) is 41.4 Å². The van der Waals surface area contributed by atoms with Crippen LogP contribution < -0.4 is 4.90 Å². The van der Waals surface area contributed by atoms with Crippen molar-refractivity contribution in [3.8, 4) is 0 Å². The number of hydrogen-bond donors (Lipinski definition) is 0. The van der Waals surface area contributed by atoms with Crippen LogP contribution in [0.2, 0.25) is 0 Å². The third-order valence-electron chi connectivity index (χ3n) is 7.36. The van der Waals surface area contributed by atoms with Crippen LogP contribution in [0, 0.1) is 6.92 Å². The lowest BCUT2D eigenvalue weighted by atomic mass is 9.87. The number of piperazine rings is 1. The summed E-state index contributed by atoms with van der Waals surface area (Å²) in [5, 5.41) is 2.31. The number of anilines is 1. The summed E-state index contributed by atoms with van der Waals surface area (Å²) in [5.41, 5.74) is 3.62. The molecule has 1 fully saturated rings. The van der Waals surface area contributed by atoms with E-state index in [1.807, 2.05) is 29.3 Å². The summed E-state index contributed by atoms with van der Waals surface area (Å²) in [6.07, 6.45) is 3.03. The first-order chi connectivity index (χ1) is 16.2. The number of aromatic nitrogens is 2. The van der Waals surface area contributed by atoms with Crippen LogP contribution in [0.3, 0.4) is 0 Å². The minimum atomic E-state index is 0.169.